The fourth-order valence-corrected chi connectivity index (χ4v) is 2.54. The molecule has 0 spiro atoms. The van der Waals surface area contributed by atoms with Gasteiger partial charge >= 0.3 is 0 Å². The maximum Gasteiger partial charge on any atom is 0.218 e. The van der Waals surface area contributed by atoms with E-state index < -0.39 is 0 Å². The first-order valence-electron chi connectivity index (χ1n) is 6.17. The quantitative estimate of drug-likeness (QED) is 0.645. The minimum atomic E-state index is 0. The first-order valence-corrected chi connectivity index (χ1v) is 7.05. The largest absolute Gasteiger partial charge is 0.369 e. The third-order valence-electron chi connectivity index (χ3n) is 2.89. The summed E-state index contributed by atoms with van der Waals surface area (Å²) in [7, 11) is 0. The van der Waals surface area contributed by atoms with Crippen molar-refractivity contribution in [3.05, 3.63) is 22.4 Å². The van der Waals surface area contributed by atoms with Gasteiger partial charge in [-0.05, 0) is 30.7 Å². The molecule has 0 aliphatic carbocycles. The van der Waals surface area contributed by atoms with Crippen molar-refractivity contribution in [3.8, 4) is 0 Å². The van der Waals surface area contributed by atoms with Crippen molar-refractivity contribution in [3.63, 3.8) is 0 Å². The fraction of sp³-hybridized carbons (Fsp3) is 0.500. The van der Waals surface area contributed by atoms with Crippen LogP contribution in [0.5, 0.6) is 0 Å². The van der Waals surface area contributed by atoms with E-state index in [1.807, 2.05) is 17.5 Å². The summed E-state index contributed by atoms with van der Waals surface area (Å²) in [6, 6.07) is 4.02. The zero-order chi connectivity index (χ0) is 12.8. The Bertz CT molecular complexity index is 423. The molecule has 0 aromatic carbocycles. The van der Waals surface area contributed by atoms with Gasteiger partial charge in [0.2, 0.25) is 5.96 Å². The molecule has 7 heteroatoms. The Hall–Kier alpha value is -1.27. The van der Waals surface area contributed by atoms with Crippen molar-refractivity contribution in [2.45, 2.75) is 25.8 Å². The monoisotopic (exact) mass is 301 g/mol. The van der Waals surface area contributed by atoms with E-state index >= 15 is 0 Å². The molecule has 0 bridgehead atoms. The molecule has 0 amide bonds. The molecule has 1 aromatic heterocycles. The van der Waals surface area contributed by atoms with Gasteiger partial charge in [-0.15, -0.1) is 23.7 Å². The van der Waals surface area contributed by atoms with E-state index in [4.69, 9.17) is 11.5 Å². The van der Waals surface area contributed by atoms with Crippen LogP contribution in [0.25, 0.3) is 0 Å². The summed E-state index contributed by atoms with van der Waals surface area (Å²) >= 11 is 1.66. The van der Waals surface area contributed by atoms with Crippen molar-refractivity contribution in [1.29, 1.82) is 0 Å². The lowest BCUT2D eigenvalue weighted by Gasteiger charge is -2.27. The molecule has 2 rings (SSSR count). The number of halogens is 1. The van der Waals surface area contributed by atoms with Gasteiger partial charge in [0.25, 0.3) is 0 Å². The maximum atomic E-state index is 5.92. The molecule has 1 fully saturated rings. The van der Waals surface area contributed by atoms with E-state index in [0.29, 0.717) is 12.5 Å². The minimum Gasteiger partial charge on any atom is -0.369 e. The Morgan fingerprint density at radius 1 is 1.26 bits per heavy atom. The van der Waals surface area contributed by atoms with Gasteiger partial charge < -0.3 is 16.4 Å². The van der Waals surface area contributed by atoms with Crippen molar-refractivity contribution >= 4 is 35.7 Å². The van der Waals surface area contributed by atoms with Crippen LogP contribution in [0.15, 0.2) is 27.5 Å². The van der Waals surface area contributed by atoms with Crippen molar-refractivity contribution < 1.29 is 0 Å². The van der Waals surface area contributed by atoms with Crippen LogP contribution in [0.1, 0.15) is 24.1 Å². The molecule has 1 aromatic rings. The lowest BCUT2D eigenvalue weighted by molar-refractivity contribution is 0.339. The van der Waals surface area contributed by atoms with Crippen LogP contribution in [0.2, 0.25) is 0 Å². The third kappa shape index (κ3) is 5.08. The van der Waals surface area contributed by atoms with Gasteiger partial charge in [0.15, 0.2) is 5.96 Å². The second-order valence-electron chi connectivity index (χ2n) is 4.27. The predicted octanol–water partition coefficient (Wildman–Crippen LogP) is 1.79. The molecule has 1 saturated heterocycles. The SMILES string of the molecule is Cl.NC(=NCc1cccs1)N=C(N)N1CCCCC1. The molecule has 4 N–H and O–H groups in total. The third-order valence-corrected chi connectivity index (χ3v) is 3.75. The van der Waals surface area contributed by atoms with Crippen LogP contribution in [0.3, 0.4) is 0 Å². The Kier molecular flexibility index (Phi) is 6.66. The number of piperidine rings is 1. The van der Waals surface area contributed by atoms with E-state index in [2.05, 4.69) is 14.9 Å². The van der Waals surface area contributed by atoms with Crippen molar-refractivity contribution in [2.24, 2.45) is 21.5 Å². The lowest BCUT2D eigenvalue weighted by atomic mass is 10.1. The molecule has 1 aliphatic rings. The van der Waals surface area contributed by atoms with Gasteiger partial charge in [-0.3, -0.25) is 0 Å². The summed E-state index contributed by atoms with van der Waals surface area (Å²) in [5.41, 5.74) is 11.7. The van der Waals surface area contributed by atoms with E-state index in [0.717, 1.165) is 13.1 Å². The van der Waals surface area contributed by atoms with Crippen LogP contribution in [0, 0.1) is 0 Å². The fourth-order valence-electron chi connectivity index (χ4n) is 1.91. The molecule has 2 heterocycles. The zero-order valence-electron chi connectivity index (χ0n) is 10.8. The summed E-state index contributed by atoms with van der Waals surface area (Å²) < 4.78 is 0. The highest BCUT2D eigenvalue weighted by Gasteiger charge is 2.11. The Morgan fingerprint density at radius 2 is 2.00 bits per heavy atom. The number of guanidine groups is 2. The Labute approximate surface area is 123 Å². The number of rotatable bonds is 2. The second kappa shape index (κ2) is 8.01. The van der Waals surface area contributed by atoms with Crippen LogP contribution < -0.4 is 11.5 Å². The van der Waals surface area contributed by atoms with Crippen molar-refractivity contribution in [2.75, 3.05) is 13.1 Å². The number of nitrogens with zero attached hydrogens (tertiary/aromatic N) is 3. The topological polar surface area (TPSA) is 80.0 Å². The van der Waals surface area contributed by atoms with Crippen LogP contribution in [0.4, 0.5) is 0 Å². The highest BCUT2D eigenvalue weighted by molar-refractivity contribution is 7.09. The van der Waals surface area contributed by atoms with E-state index in [9.17, 15) is 0 Å². The molecular formula is C12H20ClN5S. The average molecular weight is 302 g/mol. The van der Waals surface area contributed by atoms with Crippen molar-refractivity contribution in [1.82, 2.24) is 4.90 Å². The highest BCUT2D eigenvalue weighted by Crippen LogP contribution is 2.10. The summed E-state index contributed by atoms with van der Waals surface area (Å²) in [6.45, 7) is 2.50. The molecule has 0 atom stereocenters. The molecule has 0 saturated carbocycles. The molecule has 106 valence electrons. The smallest absolute Gasteiger partial charge is 0.218 e. The van der Waals surface area contributed by atoms with Gasteiger partial charge in [-0.1, -0.05) is 6.07 Å². The molecule has 0 radical (unpaired) electrons. The van der Waals surface area contributed by atoms with Crippen LogP contribution in [-0.4, -0.2) is 29.9 Å². The molecule has 1 aliphatic heterocycles. The first kappa shape index (κ1) is 15.8. The second-order valence-corrected chi connectivity index (χ2v) is 5.30. The van der Waals surface area contributed by atoms with Crippen LogP contribution >= 0.6 is 23.7 Å². The molecule has 19 heavy (non-hydrogen) atoms. The van der Waals surface area contributed by atoms with Gasteiger partial charge in [0.05, 0.1) is 6.54 Å². The van der Waals surface area contributed by atoms with E-state index in [1.54, 1.807) is 11.3 Å². The zero-order valence-corrected chi connectivity index (χ0v) is 12.4. The summed E-state index contributed by atoms with van der Waals surface area (Å²) in [5, 5.41) is 2.02. The number of hydrogen-bond donors (Lipinski definition) is 2. The minimum absolute atomic E-state index is 0. The van der Waals surface area contributed by atoms with Crippen LogP contribution in [-0.2, 0) is 6.54 Å². The molecule has 0 unspecified atom stereocenters. The normalized spacial score (nSPS) is 17.2. The van der Waals surface area contributed by atoms with E-state index in [1.165, 1.54) is 24.1 Å². The predicted molar refractivity (Wildman–Crippen MR) is 83.9 cm³/mol. The number of thiophene rings is 1. The molecular weight excluding hydrogens is 282 g/mol. The van der Waals surface area contributed by atoms with Gasteiger partial charge in [0.1, 0.15) is 0 Å². The highest BCUT2D eigenvalue weighted by atomic mass is 35.5. The Morgan fingerprint density at radius 3 is 2.63 bits per heavy atom. The lowest BCUT2D eigenvalue weighted by Crippen LogP contribution is -2.41. The average Bonchev–Trinajstić information content (AvgIpc) is 2.90. The molecule has 5 nitrogen and oxygen atoms in total. The van der Waals surface area contributed by atoms with Gasteiger partial charge in [0, 0.05) is 18.0 Å². The summed E-state index contributed by atoms with van der Waals surface area (Å²) in [5.74, 6) is 0.744. The van der Waals surface area contributed by atoms with Gasteiger partial charge in [-0.25, -0.2) is 4.99 Å². The standard InChI is InChI=1S/C12H19N5S.ClH/c13-11(15-9-10-5-4-8-18-10)16-12(14)17-6-2-1-3-7-17;/h4-5,8H,1-3,6-7,9H2,(H4,13,14,15,16);1H. The number of likely N-dealkylation sites (tertiary alicyclic amines) is 1. The van der Waals surface area contributed by atoms with E-state index in [-0.39, 0.29) is 18.4 Å². The number of nitrogens with two attached hydrogens (primary N) is 2. The summed E-state index contributed by atoms with van der Waals surface area (Å²) in [4.78, 5) is 11.6. The Balaban J connectivity index is 0.00000180. The number of hydrogen-bond acceptors (Lipinski definition) is 2. The first-order chi connectivity index (χ1) is 8.75. The summed E-state index contributed by atoms with van der Waals surface area (Å²) in [6.07, 6.45) is 3.61. The maximum absolute atomic E-state index is 5.92. The van der Waals surface area contributed by atoms with Gasteiger partial charge in [-0.2, -0.15) is 4.99 Å². The number of aliphatic imine (C=N–C) groups is 2.